The number of fused-ring (bicyclic) bond motifs is 3. The Morgan fingerprint density at radius 3 is 2.66 bits per heavy atom. The van der Waals surface area contributed by atoms with Crippen LogP contribution in [0, 0.1) is 5.82 Å². The van der Waals surface area contributed by atoms with Crippen LogP contribution in [-0.2, 0) is 13.0 Å². The fourth-order valence-corrected chi connectivity index (χ4v) is 5.36. The van der Waals surface area contributed by atoms with Crippen LogP contribution in [0.15, 0.2) is 73.1 Å². The largest absolute Gasteiger partial charge is 0.493 e. The summed E-state index contributed by atoms with van der Waals surface area (Å²) in [7, 11) is 1.58. The van der Waals surface area contributed by atoms with Crippen LogP contribution in [0.25, 0.3) is 10.9 Å². The number of carbonyl (C=O) groups excluding carboxylic acids is 1. The normalized spacial score (nSPS) is 14.6. The number of halogens is 2. The molecule has 1 aliphatic heterocycles. The number of aromatic nitrogens is 4. The van der Waals surface area contributed by atoms with Gasteiger partial charge in [-0.2, -0.15) is 15.0 Å². The van der Waals surface area contributed by atoms with Gasteiger partial charge in [0.1, 0.15) is 17.6 Å². The summed E-state index contributed by atoms with van der Waals surface area (Å²) < 4.78 is 30.8. The molecule has 1 aliphatic rings. The molecule has 3 heterocycles. The molecule has 6 rings (SSSR count). The van der Waals surface area contributed by atoms with Crippen molar-refractivity contribution in [3.8, 4) is 17.2 Å². The van der Waals surface area contributed by atoms with Crippen LogP contribution < -0.4 is 14.2 Å². The van der Waals surface area contributed by atoms with Gasteiger partial charge in [-0.15, -0.1) is 0 Å². The fourth-order valence-electron chi connectivity index (χ4n) is 5.19. The average Bonchev–Trinajstić information content (AvgIpc) is 3.64. The van der Waals surface area contributed by atoms with Gasteiger partial charge in [-0.1, -0.05) is 17.7 Å². The molecule has 0 saturated carbocycles. The van der Waals surface area contributed by atoms with Crippen LogP contribution >= 0.6 is 11.6 Å². The number of hydrogen-bond acceptors (Lipinski definition) is 6. The number of aromatic amines is 1. The second kappa shape index (κ2) is 11.5. The number of ether oxygens (including phenoxy) is 3. The van der Waals surface area contributed by atoms with Crippen molar-refractivity contribution >= 4 is 28.6 Å². The van der Waals surface area contributed by atoms with Crippen molar-refractivity contribution in [2.75, 3.05) is 20.3 Å². The Labute approximate surface area is 240 Å². The van der Waals surface area contributed by atoms with Crippen molar-refractivity contribution < 1.29 is 23.4 Å². The highest BCUT2D eigenvalue weighted by atomic mass is 35.5. The number of nitrogens with one attached hydrogen (secondary N) is 1. The molecule has 210 valence electrons. The lowest BCUT2D eigenvalue weighted by molar-refractivity contribution is 0.135. The predicted octanol–water partition coefficient (Wildman–Crippen LogP) is 6.18. The highest BCUT2D eigenvalue weighted by Crippen LogP contribution is 2.41. The molecule has 1 atom stereocenters. The van der Waals surface area contributed by atoms with Crippen LogP contribution in [-0.4, -0.2) is 51.2 Å². The molecule has 41 heavy (non-hydrogen) atoms. The molecule has 0 saturated heterocycles. The van der Waals surface area contributed by atoms with Crippen molar-refractivity contribution in [2.45, 2.75) is 25.4 Å². The lowest BCUT2D eigenvalue weighted by Gasteiger charge is -2.35. The Bertz CT molecular complexity index is 1670. The number of aryl methyl sites for hydroxylation is 1. The van der Waals surface area contributed by atoms with Crippen LogP contribution in [0.3, 0.4) is 0 Å². The van der Waals surface area contributed by atoms with Crippen LogP contribution in [0.4, 0.5) is 9.18 Å². The zero-order valence-electron chi connectivity index (χ0n) is 22.2. The zero-order chi connectivity index (χ0) is 28.3. The molecule has 1 N–H and O–H groups in total. The highest BCUT2D eigenvalue weighted by Gasteiger charge is 2.36. The molecule has 1 unspecified atom stereocenters. The third-order valence-electron chi connectivity index (χ3n) is 7.07. The van der Waals surface area contributed by atoms with E-state index < -0.39 is 18.0 Å². The van der Waals surface area contributed by atoms with E-state index in [2.05, 4.69) is 15.2 Å². The van der Waals surface area contributed by atoms with Gasteiger partial charge in [0.05, 0.1) is 32.7 Å². The van der Waals surface area contributed by atoms with Crippen molar-refractivity contribution in [1.29, 1.82) is 0 Å². The van der Waals surface area contributed by atoms with E-state index in [0.29, 0.717) is 49.1 Å². The van der Waals surface area contributed by atoms with Gasteiger partial charge in [-0.3, -0.25) is 4.90 Å². The van der Waals surface area contributed by atoms with E-state index in [9.17, 15) is 9.18 Å². The third-order valence-corrected chi connectivity index (χ3v) is 7.31. The first kappa shape index (κ1) is 26.6. The molecular formula is C30H27ClFN5O4. The maximum Gasteiger partial charge on any atom is 0.416 e. The van der Waals surface area contributed by atoms with E-state index in [1.165, 1.54) is 24.3 Å². The number of rotatable bonds is 8. The molecule has 11 heteroatoms. The Morgan fingerprint density at radius 1 is 1.07 bits per heavy atom. The van der Waals surface area contributed by atoms with E-state index >= 15 is 0 Å². The van der Waals surface area contributed by atoms with E-state index in [1.807, 2.05) is 36.4 Å². The quantitative estimate of drug-likeness (QED) is 0.222. The molecule has 0 aliphatic carbocycles. The van der Waals surface area contributed by atoms with Crippen molar-refractivity contribution in [3.63, 3.8) is 0 Å². The lowest BCUT2D eigenvalue weighted by Crippen LogP contribution is -2.42. The summed E-state index contributed by atoms with van der Waals surface area (Å²) in [4.78, 5) is 20.3. The Balaban J connectivity index is 1.31. The van der Waals surface area contributed by atoms with Gasteiger partial charge < -0.3 is 19.2 Å². The van der Waals surface area contributed by atoms with Crippen LogP contribution in [0.5, 0.6) is 17.2 Å². The second-order valence-corrected chi connectivity index (χ2v) is 10.0. The fraction of sp³-hybridized carbons (Fsp3) is 0.233. The van der Waals surface area contributed by atoms with Crippen molar-refractivity contribution in [1.82, 2.24) is 24.9 Å². The minimum Gasteiger partial charge on any atom is -0.493 e. The molecule has 9 nitrogen and oxygen atoms in total. The molecule has 0 radical (unpaired) electrons. The Hall–Kier alpha value is -4.57. The number of methoxy groups -OCH3 is 1. The van der Waals surface area contributed by atoms with Gasteiger partial charge >= 0.3 is 6.09 Å². The minimum absolute atomic E-state index is 0.260. The number of nitrogens with zero attached hydrogens (tertiary/aromatic N) is 4. The summed E-state index contributed by atoms with van der Waals surface area (Å²) in [6.45, 7) is 1.48. The Morgan fingerprint density at radius 2 is 1.88 bits per heavy atom. The van der Waals surface area contributed by atoms with Crippen LogP contribution in [0.2, 0.25) is 5.02 Å². The Kier molecular flexibility index (Phi) is 7.47. The molecule has 5 aromatic rings. The second-order valence-electron chi connectivity index (χ2n) is 9.61. The predicted molar refractivity (Wildman–Crippen MR) is 151 cm³/mol. The first-order valence-electron chi connectivity index (χ1n) is 13.2. The SMILES string of the molecule is COc1cc(C2c3[nH]c4ccc(Cl)cc4c3CCN2C(=O)Oc2ccc(F)cc2)ccc1OCCCn1nccn1. The molecule has 2 aromatic heterocycles. The zero-order valence-corrected chi connectivity index (χ0v) is 23.0. The highest BCUT2D eigenvalue weighted by molar-refractivity contribution is 6.31. The molecular weight excluding hydrogens is 549 g/mol. The van der Waals surface area contributed by atoms with E-state index in [0.717, 1.165) is 27.7 Å². The van der Waals surface area contributed by atoms with Crippen molar-refractivity contribution in [3.05, 3.63) is 101 Å². The average molecular weight is 576 g/mol. The maximum atomic E-state index is 13.5. The maximum absolute atomic E-state index is 13.5. The molecule has 0 bridgehead atoms. The van der Waals surface area contributed by atoms with E-state index in [1.54, 1.807) is 29.2 Å². The molecule has 3 aromatic carbocycles. The summed E-state index contributed by atoms with van der Waals surface area (Å²) in [6, 6.07) is 16.2. The van der Waals surface area contributed by atoms with Crippen molar-refractivity contribution in [2.24, 2.45) is 0 Å². The number of H-pyrrole nitrogens is 1. The first-order chi connectivity index (χ1) is 20.0. The number of benzene rings is 3. The topological polar surface area (TPSA) is 94.5 Å². The summed E-state index contributed by atoms with van der Waals surface area (Å²) in [5, 5.41) is 9.86. The standard InChI is InChI=1S/C30H27ClFN5O4/c1-39-27-17-19(3-10-26(27)40-16-2-14-37-33-12-13-34-37)29-28-23(24-18-20(31)4-9-25(24)35-28)11-15-36(29)30(38)41-22-7-5-21(32)6-8-22/h3-10,12-13,17-18,29,35H,2,11,14-16H2,1H3. The van der Waals surface area contributed by atoms with Gasteiger partial charge in [0.15, 0.2) is 11.5 Å². The van der Waals surface area contributed by atoms with Gasteiger partial charge in [0.25, 0.3) is 0 Å². The van der Waals surface area contributed by atoms with Gasteiger partial charge in [0.2, 0.25) is 0 Å². The summed E-state index contributed by atoms with van der Waals surface area (Å²) in [5.41, 5.74) is 3.69. The molecule has 0 spiro atoms. The number of carbonyl (C=O) groups is 1. The number of hydrogen-bond donors (Lipinski definition) is 1. The summed E-state index contributed by atoms with van der Waals surface area (Å²) >= 11 is 6.33. The third kappa shape index (κ3) is 5.55. The summed E-state index contributed by atoms with van der Waals surface area (Å²) in [6.07, 6.45) is 4.05. The summed E-state index contributed by atoms with van der Waals surface area (Å²) in [5.74, 6) is 0.980. The molecule has 0 fully saturated rings. The van der Waals surface area contributed by atoms with Gasteiger partial charge in [-0.05, 0) is 72.1 Å². The smallest absolute Gasteiger partial charge is 0.416 e. The van der Waals surface area contributed by atoms with E-state index in [-0.39, 0.29) is 5.75 Å². The van der Waals surface area contributed by atoms with E-state index in [4.69, 9.17) is 25.8 Å². The van der Waals surface area contributed by atoms with Gasteiger partial charge in [-0.25, -0.2) is 9.18 Å². The monoisotopic (exact) mass is 575 g/mol. The van der Waals surface area contributed by atoms with Gasteiger partial charge in [0, 0.05) is 34.6 Å². The lowest BCUT2D eigenvalue weighted by atomic mass is 9.92. The number of amides is 1. The minimum atomic E-state index is -0.546. The molecule has 1 amide bonds. The first-order valence-corrected chi connectivity index (χ1v) is 13.6. The van der Waals surface area contributed by atoms with Crippen LogP contribution in [0.1, 0.15) is 29.3 Å².